The number of hydrogen-bond donors (Lipinski definition) is 1. The van der Waals surface area contributed by atoms with Gasteiger partial charge in [-0.1, -0.05) is 0 Å². The van der Waals surface area contributed by atoms with Gasteiger partial charge in [-0.15, -0.1) is 0 Å². The summed E-state index contributed by atoms with van der Waals surface area (Å²) in [5, 5.41) is -1.59. The fourth-order valence-electron chi connectivity index (χ4n) is 3.26. The Bertz CT molecular complexity index is 552. The second-order valence-corrected chi connectivity index (χ2v) is 7.50. The predicted molar refractivity (Wildman–Crippen MR) is 74.1 cm³/mol. The summed E-state index contributed by atoms with van der Waals surface area (Å²) in [6.45, 7) is 0. The molecule has 3 aliphatic carbocycles. The van der Waals surface area contributed by atoms with Crippen molar-refractivity contribution in [2.24, 2.45) is 0 Å². The molecule has 0 saturated heterocycles. The van der Waals surface area contributed by atoms with Crippen molar-refractivity contribution in [3.8, 4) is 0 Å². The van der Waals surface area contributed by atoms with Gasteiger partial charge in [0.2, 0.25) is 16.8 Å². The molecule has 0 aromatic carbocycles. The minimum atomic E-state index is -4.49. The van der Waals surface area contributed by atoms with Gasteiger partial charge in [-0.05, 0) is 51.4 Å². The third-order valence-electron chi connectivity index (χ3n) is 4.40. The average molecular weight is 316 g/mol. The Kier molecular flexibility index (Phi) is 3.96. The summed E-state index contributed by atoms with van der Waals surface area (Å²) in [5.41, 5.74) is 0. The smallest absolute Gasteiger partial charge is 0.283 e. The van der Waals surface area contributed by atoms with Gasteiger partial charge >= 0.3 is 0 Å². The van der Waals surface area contributed by atoms with E-state index in [2.05, 4.69) is 0 Å². The van der Waals surface area contributed by atoms with Crippen LogP contribution in [0.4, 0.5) is 0 Å². The minimum absolute atomic E-state index is 0.0106. The molecule has 3 aliphatic rings. The van der Waals surface area contributed by atoms with Gasteiger partial charge in [0, 0.05) is 0 Å². The van der Waals surface area contributed by atoms with E-state index in [1.165, 1.54) is 0 Å². The van der Waals surface area contributed by atoms with Crippen LogP contribution in [0.1, 0.15) is 51.4 Å². The largest absolute Gasteiger partial charge is 0.489 e. The highest BCUT2D eigenvalue weighted by Crippen LogP contribution is 2.37. The zero-order chi connectivity index (χ0) is 15.0. The van der Waals surface area contributed by atoms with E-state index >= 15 is 0 Å². The van der Waals surface area contributed by atoms with Crippen molar-refractivity contribution < 1.29 is 27.2 Å². The quantitative estimate of drug-likeness (QED) is 0.780. The van der Waals surface area contributed by atoms with Crippen molar-refractivity contribution in [1.82, 2.24) is 0 Å². The first-order valence-corrected chi connectivity index (χ1v) is 9.05. The van der Waals surface area contributed by atoms with E-state index in [0.29, 0.717) is 0 Å². The summed E-state index contributed by atoms with van der Waals surface area (Å²) in [4.78, 5) is 12.0. The summed E-state index contributed by atoms with van der Waals surface area (Å²) < 4.78 is 43.2. The Morgan fingerprint density at radius 1 is 0.905 bits per heavy atom. The number of carbonyl (C=O) groups is 1. The lowest BCUT2D eigenvalue weighted by molar-refractivity contribution is -0.124. The maximum absolute atomic E-state index is 12.0. The molecule has 0 amide bonds. The van der Waals surface area contributed by atoms with Gasteiger partial charge in [0.15, 0.2) is 5.76 Å². The first-order valence-electron chi connectivity index (χ1n) is 7.55. The van der Waals surface area contributed by atoms with E-state index in [-0.39, 0.29) is 23.7 Å². The number of ether oxygens (including phenoxy) is 2. The van der Waals surface area contributed by atoms with Crippen LogP contribution in [0.5, 0.6) is 0 Å². The Morgan fingerprint density at radius 3 is 1.86 bits per heavy atom. The van der Waals surface area contributed by atoms with Crippen LogP contribution in [0.25, 0.3) is 0 Å². The Balaban J connectivity index is 1.80. The van der Waals surface area contributed by atoms with E-state index in [9.17, 15) is 17.8 Å². The van der Waals surface area contributed by atoms with Crippen molar-refractivity contribution in [2.75, 3.05) is 0 Å². The number of carbonyl (C=O) groups excluding carboxylic acids is 1. The van der Waals surface area contributed by atoms with Gasteiger partial charge < -0.3 is 9.47 Å². The molecule has 2 fully saturated rings. The molecule has 6 nitrogen and oxygen atoms in total. The molecule has 0 spiro atoms. The van der Waals surface area contributed by atoms with Crippen LogP contribution >= 0.6 is 0 Å². The summed E-state index contributed by atoms with van der Waals surface area (Å²) in [6.07, 6.45) is 7.43. The molecular formula is C14H20O6S. The second kappa shape index (κ2) is 5.61. The fourth-order valence-corrected chi connectivity index (χ4v) is 4.07. The summed E-state index contributed by atoms with van der Waals surface area (Å²) in [5.74, 6) is -0.657. The zero-order valence-electron chi connectivity index (χ0n) is 11.8. The van der Waals surface area contributed by atoms with E-state index in [4.69, 9.17) is 9.47 Å². The van der Waals surface area contributed by atoms with Crippen LogP contribution < -0.4 is 0 Å². The molecule has 0 aromatic heterocycles. The van der Waals surface area contributed by atoms with Crippen LogP contribution in [-0.2, 0) is 24.4 Å². The molecule has 118 valence electrons. The SMILES string of the molecule is O=C1C(OC2CCCC2)=C(OC2CCCC2)C1S(=O)(=O)O. The van der Waals surface area contributed by atoms with Crippen molar-refractivity contribution in [1.29, 1.82) is 0 Å². The van der Waals surface area contributed by atoms with Crippen molar-refractivity contribution >= 4 is 15.9 Å². The lowest BCUT2D eigenvalue weighted by Crippen LogP contribution is -2.46. The van der Waals surface area contributed by atoms with E-state index in [0.717, 1.165) is 51.4 Å². The van der Waals surface area contributed by atoms with E-state index in [1.807, 2.05) is 0 Å². The van der Waals surface area contributed by atoms with Crippen molar-refractivity contribution in [2.45, 2.75) is 68.8 Å². The monoisotopic (exact) mass is 316 g/mol. The van der Waals surface area contributed by atoms with Crippen LogP contribution in [0.15, 0.2) is 11.5 Å². The van der Waals surface area contributed by atoms with E-state index in [1.54, 1.807) is 0 Å². The van der Waals surface area contributed by atoms with Gasteiger partial charge in [0.25, 0.3) is 10.1 Å². The lowest BCUT2D eigenvalue weighted by Gasteiger charge is -2.32. The molecule has 0 bridgehead atoms. The highest BCUT2D eigenvalue weighted by Gasteiger charge is 2.52. The first-order chi connectivity index (χ1) is 9.97. The van der Waals surface area contributed by atoms with Crippen LogP contribution in [-0.4, -0.2) is 36.2 Å². The highest BCUT2D eigenvalue weighted by molar-refractivity contribution is 7.87. The van der Waals surface area contributed by atoms with E-state index < -0.39 is 21.2 Å². The number of hydrogen-bond acceptors (Lipinski definition) is 5. The third kappa shape index (κ3) is 2.94. The molecule has 1 N–H and O–H groups in total. The van der Waals surface area contributed by atoms with Gasteiger partial charge in [-0.3, -0.25) is 9.35 Å². The number of allylic oxidation sites excluding steroid dienone is 1. The molecule has 0 aliphatic heterocycles. The standard InChI is InChI=1S/C14H20O6S/c15-11-12(19-9-5-1-2-6-9)13(14(11)21(16,17)18)20-10-7-3-4-8-10/h9-10,14H,1-8H2,(H,16,17,18). The Hall–Kier alpha value is -1.08. The highest BCUT2D eigenvalue weighted by atomic mass is 32.2. The molecule has 1 atom stereocenters. The summed E-state index contributed by atoms with van der Waals surface area (Å²) in [7, 11) is -4.49. The summed E-state index contributed by atoms with van der Waals surface area (Å²) in [6, 6.07) is 0. The molecule has 2 saturated carbocycles. The number of ketones is 1. The predicted octanol–water partition coefficient (Wildman–Crippen LogP) is 1.96. The average Bonchev–Trinajstić information content (AvgIpc) is 3.07. The van der Waals surface area contributed by atoms with Crippen molar-refractivity contribution in [3.63, 3.8) is 0 Å². The van der Waals surface area contributed by atoms with Gasteiger partial charge in [0.1, 0.15) is 0 Å². The second-order valence-electron chi connectivity index (χ2n) is 6.00. The Morgan fingerprint density at radius 2 is 1.38 bits per heavy atom. The van der Waals surface area contributed by atoms with Gasteiger partial charge in [-0.25, -0.2) is 0 Å². The summed E-state index contributed by atoms with van der Waals surface area (Å²) >= 11 is 0. The third-order valence-corrected chi connectivity index (χ3v) is 5.43. The molecular weight excluding hydrogens is 296 g/mol. The topological polar surface area (TPSA) is 89.9 Å². The maximum atomic E-state index is 12.0. The molecule has 7 heteroatoms. The molecule has 0 heterocycles. The maximum Gasteiger partial charge on any atom is 0.283 e. The van der Waals surface area contributed by atoms with Crippen molar-refractivity contribution in [3.05, 3.63) is 11.5 Å². The minimum Gasteiger partial charge on any atom is -0.489 e. The van der Waals surface area contributed by atoms with Gasteiger partial charge in [-0.2, -0.15) is 8.42 Å². The fraction of sp³-hybridized carbons (Fsp3) is 0.786. The number of rotatable bonds is 5. The molecule has 0 aromatic rings. The normalized spacial score (nSPS) is 28.0. The Labute approximate surface area is 124 Å². The first kappa shape index (κ1) is 14.8. The molecule has 1 unspecified atom stereocenters. The van der Waals surface area contributed by atoms with Crippen LogP contribution in [0.3, 0.4) is 0 Å². The molecule has 3 rings (SSSR count). The number of Topliss-reactive ketones (excluding diaryl/α,β-unsaturated/α-hetero) is 1. The van der Waals surface area contributed by atoms with Crippen LogP contribution in [0.2, 0.25) is 0 Å². The lowest BCUT2D eigenvalue weighted by atomic mass is 10.0. The van der Waals surface area contributed by atoms with Crippen LogP contribution in [0, 0.1) is 0 Å². The van der Waals surface area contributed by atoms with Gasteiger partial charge in [0.05, 0.1) is 12.2 Å². The zero-order valence-corrected chi connectivity index (χ0v) is 12.6. The molecule has 21 heavy (non-hydrogen) atoms. The molecule has 0 radical (unpaired) electrons.